The molecule has 0 radical (unpaired) electrons. The highest BCUT2D eigenvalue weighted by Gasteiger charge is 2.18. The average molecular weight is 268 g/mol. The maximum Gasteiger partial charge on any atom is 0.0326 e. The monoisotopic (exact) mass is 268 g/mol. The molecule has 0 saturated heterocycles. The fourth-order valence-electron chi connectivity index (χ4n) is 3.20. The summed E-state index contributed by atoms with van der Waals surface area (Å²) in [5.41, 5.74) is 4.42. The molecule has 0 spiro atoms. The molecule has 0 saturated carbocycles. The lowest BCUT2D eigenvalue weighted by molar-refractivity contribution is 0.459. The Hall–Kier alpha value is -1.54. The van der Waals surface area contributed by atoms with Crippen molar-refractivity contribution >= 4 is 0 Å². The fourth-order valence-corrected chi connectivity index (χ4v) is 3.20. The molecule has 20 heavy (non-hydrogen) atoms. The van der Waals surface area contributed by atoms with Crippen LogP contribution >= 0.6 is 0 Å². The summed E-state index contributed by atoms with van der Waals surface area (Å²) in [5.74, 6) is 0. The van der Waals surface area contributed by atoms with E-state index in [0.717, 1.165) is 13.1 Å². The van der Waals surface area contributed by atoms with Crippen molar-refractivity contribution in [2.45, 2.75) is 51.7 Å². The molecule has 1 N–H and O–H groups in total. The number of aryl methyl sites for hydroxylation is 2. The van der Waals surface area contributed by atoms with Gasteiger partial charge in [0.1, 0.15) is 0 Å². The summed E-state index contributed by atoms with van der Waals surface area (Å²) in [5, 5.41) is 3.74. The van der Waals surface area contributed by atoms with Gasteiger partial charge in [-0.15, -0.1) is 0 Å². The second-order valence-corrected chi connectivity index (χ2v) is 5.78. The van der Waals surface area contributed by atoms with Crippen LogP contribution in [0, 0.1) is 0 Å². The van der Waals surface area contributed by atoms with Crippen molar-refractivity contribution in [1.82, 2.24) is 9.88 Å². The summed E-state index contributed by atoms with van der Waals surface area (Å²) in [6.07, 6.45) is 9.44. The first kappa shape index (κ1) is 13.4. The van der Waals surface area contributed by atoms with Crippen LogP contribution in [0.1, 0.15) is 48.9 Å². The highest BCUT2D eigenvalue weighted by Crippen LogP contribution is 2.29. The number of fused-ring (bicyclic) bond motifs is 1. The molecule has 1 aliphatic rings. The first-order valence-electron chi connectivity index (χ1n) is 7.82. The van der Waals surface area contributed by atoms with E-state index in [4.69, 9.17) is 0 Å². The van der Waals surface area contributed by atoms with E-state index < -0.39 is 0 Å². The predicted molar refractivity (Wildman–Crippen MR) is 83.7 cm³/mol. The van der Waals surface area contributed by atoms with Gasteiger partial charge in [0.15, 0.2) is 0 Å². The summed E-state index contributed by atoms with van der Waals surface area (Å²) in [6.45, 7) is 4.30. The average Bonchev–Trinajstić information content (AvgIpc) is 2.93. The number of nitrogens with zero attached hydrogens (tertiary/aromatic N) is 1. The largest absolute Gasteiger partial charge is 0.354 e. The van der Waals surface area contributed by atoms with Crippen LogP contribution in [0.4, 0.5) is 0 Å². The van der Waals surface area contributed by atoms with Gasteiger partial charge in [-0.2, -0.15) is 0 Å². The smallest absolute Gasteiger partial charge is 0.0326 e. The molecule has 2 nitrogen and oxygen atoms in total. The Balaban J connectivity index is 1.64. The van der Waals surface area contributed by atoms with E-state index in [1.807, 2.05) is 0 Å². The van der Waals surface area contributed by atoms with Crippen LogP contribution in [0.2, 0.25) is 0 Å². The summed E-state index contributed by atoms with van der Waals surface area (Å²) in [6, 6.07) is 11.6. The highest BCUT2D eigenvalue weighted by molar-refractivity contribution is 5.32. The highest BCUT2D eigenvalue weighted by atomic mass is 15.0. The number of aromatic nitrogens is 1. The second-order valence-electron chi connectivity index (χ2n) is 5.78. The van der Waals surface area contributed by atoms with Crippen LogP contribution in [-0.4, -0.2) is 4.57 Å². The number of nitrogens with one attached hydrogen (secondary N) is 1. The second kappa shape index (κ2) is 6.27. The van der Waals surface area contributed by atoms with Crippen LogP contribution in [0.5, 0.6) is 0 Å². The minimum Gasteiger partial charge on any atom is -0.354 e. The van der Waals surface area contributed by atoms with E-state index in [0.29, 0.717) is 6.04 Å². The molecule has 1 aliphatic carbocycles. The summed E-state index contributed by atoms with van der Waals surface area (Å²) in [4.78, 5) is 0. The SMILES string of the molecule is CCCn1ccc(CNC2CCCc3ccccc32)c1. The first-order valence-corrected chi connectivity index (χ1v) is 7.82. The molecule has 0 fully saturated rings. The van der Waals surface area contributed by atoms with E-state index in [1.165, 1.54) is 42.4 Å². The Morgan fingerprint density at radius 1 is 1.25 bits per heavy atom. The molecular formula is C18H24N2. The van der Waals surface area contributed by atoms with Crippen molar-refractivity contribution in [2.75, 3.05) is 0 Å². The minimum atomic E-state index is 0.523. The van der Waals surface area contributed by atoms with Crippen LogP contribution in [-0.2, 0) is 19.5 Å². The molecule has 0 amide bonds. The molecule has 1 aromatic carbocycles. The number of rotatable bonds is 5. The molecule has 2 aromatic rings. The number of hydrogen-bond donors (Lipinski definition) is 1. The lowest BCUT2D eigenvalue weighted by Gasteiger charge is -2.26. The Bertz CT molecular complexity index is 556. The minimum absolute atomic E-state index is 0.523. The van der Waals surface area contributed by atoms with Crippen molar-refractivity contribution in [3.63, 3.8) is 0 Å². The maximum absolute atomic E-state index is 3.74. The van der Waals surface area contributed by atoms with Gasteiger partial charge in [0, 0.05) is 31.5 Å². The van der Waals surface area contributed by atoms with Crippen LogP contribution in [0.15, 0.2) is 42.7 Å². The first-order chi connectivity index (χ1) is 9.86. The van der Waals surface area contributed by atoms with Gasteiger partial charge in [-0.1, -0.05) is 31.2 Å². The van der Waals surface area contributed by atoms with Gasteiger partial charge in [0.05, 0.1) is 0 Å². The standard InChI is InChI=1S/C18H24N2/c1-2-11-20-12-10-15(14-20)13-19-18-9-5-7-16-6-3-4-8-17(16)18/h3-4,6,8,10,12,14,18-19H,2,5,7,9,11,13H2,1H3. The third kappa shape index (κ3) is 2.96. The molecule has 2 heteroatoms. The molecular weight excluding hydrogens is 244 g/mol. The Morgan fingerprint density at radius 3 is 3.05 bits per heavy atom. The van der Waals surface area contributed by atoms with Gasteiger partial charge in [-0.05, 0) is 48.4 Å². The van der Waals surface area contributed by atoms with Gasteiger partial charge in [-0.25, -0.2) is 0 Å². The molecule has 3 rings (SSSR count). The molecule has 1 atom stereocenters. The molecule has 106 valence electrons. The van der Waals surface area contributed by atoms with Crippen LogP contribution in [0.3, 0.4) is 0 Å². The molecule has 0 aliphatic heterocycles. The zero-order chi connectivity index (χ0) is 13.8. The lowest BCUT2D eigenvalue weighted by Crippen LogP contribution is -2.24. The Labute approximate surface area is 121 Å². The predicted octanol–water partition coefficient (Wildman–Crippen LogP) is 4.07. The number of benzene rings is 1. The summed E-state index contributed by atoms with van der Waals surface area (Å²) in [7, 11) is 0. The Morgan fingerprint density at radius 2 is 2.15 bits per heavy atom. The summed E-state index contributed by atoms with van der Waals surface area (Å²) >= 11 is 0. The van der Waals surface area contributed by atoms with Gasteiger partial charge in [-0.3, -0.25) is 0 Å². The molecule has 0 bridgehead atoms. The van der Waals surface area contributed by atoms with E-state index in [-0.39, 0.29) is 0 Å². The Kier molecular flexibility index (Phi) is 4.22. The van der Waals surface area contributed by atoms with Crippen molar-refractivity contribution < 1.29 is 0 Å². The van der Waals surface area contributed by atoms with Crippen LogP contribution < -0.4 is 5.32 Å². The third-order valence-corrected chi connectivity index (χ3v) is 4.22. The van der Waals surface area contributed by atoms with Gasteiger partial charge in [0.2, 0.25) is 0 Å². The van der Waals surface area contributed by atoms with Crippen LogP contribution in [0.25, 0.3) is 0 Å². The van der Waals surface area contributed by atoms with E-state index in [9.17, 15) is 0 Å². The van der Waals surface area contributed by atoms with Gasteiger partial charge in [0.25, 0.3) is 0 Å². The zero-order valence-electron chi connectivity index (χ0n) is 12.3. The van der Waals surface area contributed by atoms with E-state index in [1.54, 1.807) is 0 Å². The molecule has 1 heterocycles. The van der Waals surface area contributed by atoms with Gasteiger partial charge < -0.3 is 9.88 Å². The topological polar surface area (TPSA) is 17.0 Å². The van der Waals surface area contributed by atoms with Gasteiger partial charge >= 0.3 is 0 Å². The number of hydrogen-bond acceptors (Lipinski definition) is 1. The van der Waals surface area contributed by atoms with Crippen molar-refractivity contribution in [1.29, 1.82) is 0 Å². The molecule has 1 aromatic heterocycles. The lowest BCUT2D eigenvalue weighted by atomic mass is 9.88. The quantitative estimate of drug-likeness (QED) is 0.865. The van der Waals surface area contributed by atoms with Crippen molar-refractivity contribution in [3.8, 4) is 0 Å². The zero-order valence-corrected chi connectivity index (χ0v) is 12.3. The third-order valence-electron chi connectivity index (χ3n) is 4.22. The van der Waals surface area contributed by atoms with E-state index >= 15 is 0 Å². The van der Waals surface area contributed by atoms with Crippen molar-refractivity contribution in [2.24, 2.45) is 0 Å². The maximum atomic E-state index is 3.74. The normalized spacial score (nSPS) is 17.9. The fraction of sp³-hybridized carbons (Fsp3) is 0.444. The molecule has 1 unspecified atom stereocenters. The summed E-state index contributed by atoms with van der Waals surface area (Å²) < 4.78 is 2.28. The van der Waals surface area contributed by atoms with E-state index in [2.05, 4.69) is 59.5 Å². The van der Waals surface area contributed by atoms with Crippen molar-refractivity contribution in [3.05, 3.63) is 59.4 Å².